The molecular weight excluding hydrogens is 418 g/mol. The minimum absolute atomic E-state index is 0.0496. The van der Waals surface area contributed by atoms with Gasteiger partial charge in [-0.3, -0.25) is 0 Å². The molecule has 4 rings (SSSR count). The summed E-state index contributed by atoms with van der Waals surface area (Å²) in [5.74, 6) is 0.727. The topological polar surface area (TPSA) is 18.5 Å². The van der Waals surface area contributed by atoms with Crippen molar-refractivity contribution in [2.75, 3.05) is 13.2 Å². The zero-order valence-corrected chi connectivity index (χ0v) is 20.8. The van der Waals surface area contributed by atoms with Crippen molar-refractivity contribution in [2.24, 2.45) is 17.8 Å². The summed E-state index contributed by atoms with van der Waals surface area (Å²) in [6.45, 7) is 5.41. The Labute approximate surface area is 199 Å². The summed E-state index contributed by atoms with van der Waals surface area (Å²) in [5, 5.41) is 0. The van der Waals surface area contributed by atoms with Crippen LogP contribution in [0, 0.1) is 29.4 Å². The van der Waals surface area contributed by atoms with Gasteiger partial charge in [-0.1, -0.05) is 64.5 Å². The Bertz CT molecular complexity index is 727. The van der Waals surface area contributed by atoms with Crippen LogP contribution < -0.4 is 0 Å². The Morgan fingerprint density at radius 3 is 2.09 bits per heavy atom. The Morgan fingerprint density at radius 1 is 0.758 bits per heavy atom. The Hall–Kier alpha value is -1.00. The van der Waals surface area contributed by atoms with Crippen molar-refractivity contribution in [3.63, 3.8) is 0 Å². The average Bonchev–Trinajstić information content (AvgIpc) is 2.87. The fourth-order valence-electron chi connectivity index (χ4n) is 6.57. The number of hydrogen-bond acceptors (Lipinski definition) is 2. The number of hydrogen-bond donors (Lipinski definition) is 0. The lowest BCUT2D eigenvalue weighted by atomic mass is 9.75. The van der Waals surface area contributed by atoms with Crippen molar-refractivity contribution >= 4 is 0 Å². The van der Waals surface area contributed by atoms with Gasteiger partial charge in [0.2, 0.25) is 0 Å². The third-order valence-corrected chi connectivity index (χ3v) is 8.83. The molecule has 33 heavy (non-hydrogen) atoms. The van der Waals surface area contributed by atoms with Gasteiger partial charge in [-0.15, -0.1) is 0 Å². The van der Waals surface area contributed by atoms with E-state index in [1.165, 1.54) is 57.8 Å². The molecule has 4 heteroatoms. The van der Waals surface area contributed by atoms with Gasteiger partial charge in [0.25, 0.3) is 0 Å². The molecule has 1 saturated carbocycles. The van der Waals surface area contributed by atoms with Crippen LogP contribution in [0.3, 0.4) is 0 Å². The lowest BCUT2D eigenvalue weighted by Crippen LogP contribution is -2.40. The molecule has 3 fully saturated rings. The van der Waals surface area contributed by atoms with Crippen molar-refractivity contribution < 1.29 is 18.3 Å². The van der Waals surface area contributed by atoms with E-state index in [0.29, 0.717) is 36.2 Å². The molecule has 2 saturated heterocycles. The van der Waals surface area contributed by atoms with Crippen LogP contribution in [0.1, 0.15) is 108 Å². The molecule has 0 spiro atoms. The van der Waals surface area contributed by atoms with Gasteiger partial charge in [0, 0.05) is 11.8 Å². The van der Waals surface area contributed by atoms with Gasteiger partial charge < -0.3 is 9.47 Å². The first kappa shape index (κ1) is 25.1. The zero-order chi connectivity index (χ0) is 23.2. The minimum Gasteiger partial charge on any atom is -0.378 e. The van der Waals surface area contributed by atoms with E-state index in [4.69, 9.17) is 9.47 Å². The van der Waals surface area contributed by atoms with Crippen molar-refractivity contribution in [1.29, 1.82) is 0 Å². The standard InChI is InChI=1S/C29H44F2O2/c1-3-5-6-7-20-8-10-22(11-9-20)26-17-14-24(19-33-26)27-16-13-23(18-32-27)25-15-12-21(4-2)28(30)29(25)31/h12,15,20,22-24,26-27H,3-11,13-14,16-19H2,1-2H3. The molecule has 0 N–H and O–H groups in total. The molecule has 2 heterocycles. The summed E-state index contributed by atoms with van der Waals surface area (Å²) < 4.78 is 41.4. The number of unbranched alkanes of at least 4 members (excludes halogenated alkanes) is 2. The predicted molar refractivity (Wildman–Crippen MR) is 130 cm³/mol. The number of benzene rings is 1. The molecule has 4 atom stereocenters. The lowest BCUT2D eigenvalue weighted by molar-refractivity contribution is -0.112. The highest BCUT2D eigenvalue weighted by Crippen LogP contribution is 2.40. The van der Waals surface area contributed by atoms with Gasteiger partial charge in [-0.25, -0.2) is 8.78 Å². The van der Waals surface area contributed by atoms with Crippen molar-refractivity contribution in [3.8, 4) is 0 Å². The maximum Gasteiger partial charge on any atom is 0.162 e. The highest BCUT2D eigenvalue weighted by atomic mass is 19.2. The van der Waals surface area contributed by atoms with Crippen LogP contribution in [0.5, 0.6) is 0 Å². The number of ether oxygens (including phenoxy) is 2. The minimum atomic E-state index is -0.682. The molecule has 0 amide bonds. The van der Waals surface area contributed by atoms with E-state index >= 15 is 0 Å². The molecule has 0 aromatic heterocycles. The Morgan fingerprint density at radius 2 is 1.45 bits per heavy atom. The normalized spacial score (nSPS) is 33.2. The van der Waals surface area contributed by atoms with Crippen LogP contribution in [0.4, 0.5) is 8.78 Å². The molecule has 1 aliphatic carbocycles. The maximum absolute atomic E-state index is 14.6. The summed E-state index contributed by atoms with van der Waals surface area (Å²) in [7, 11) is 0. The third-order valence-electron chi connectivity index (χ3n) is 8.83. The van der Waals surface area contributed by atoms with Gasteiger partial charge in [0.15, 0.2) is 11.6 Å². The van der Waals surface area contributed by atoms with Gasteiger partial charge in [0.1, 0.15) is 0 Å². The van der Waals surface area contributed by atoms with Gasteiger partial charge in [-0.05, 0) is 67.9 Å². The van der Waals surface area contributed by atoms with E-state index in [1.807, 2.05) is 6.92 Å². The third kappa shape index (κ3) is 6.17. The first-order valence-electron chi connectivity index (χ1n) is 13.8. The Balaban J connectivity index is 1.19. The maximum atomic E-state index is 14.6. The van der Waals surface area contributed by atoms with E-state index in [1.54, 1.807) is 12.1 Å². The van der Waals surface area contributed by atoms with Gasteiger partial charge >= 0.3 is 0 Å². The zero-order valence-electron chi connectivity index (χ0n) is 20.8. The predicted octanol–water partition coefficient (Wildman–Crippen LogP) is 7.97. The summed E-state index contributed by atoms with van der Waals surface area (Å²) in [6, 6.07) is 3.49. The quantitative estimate of drug-likeness (QED) is 0.365. The molecule has 1 aromatic carbocycles. The number of halogens is 2. The van der Waals surface area contributed by atoms with Gasteiger partial charge in [0.05, 0.1) is 25.4 Å². The highest BCUT2D eigenvalue weighted by molar-refractivity contribution is 5.29. The summed E-state index contributed by atoms with van der Waals surface area (Å²) >= 11 is 0. The molecule has 2 nitrogen and oxygen atoms in total. The van der Waals surface area contributed by atoms with Crippen LogP contribution in [0.2, 0.25) is 0 Å². The summed E-state index contributed by atoms with van der Waals surface area (Å²) in [4.78, 5) is 0. The molecule has 3 aliphatic rings. The lowest BCUT2D eigenvalue weighted by Gasteiger charge is -2.41. The van der Waals surface area contributed by atoms with Crippen molar-refractivity contribution in [3.05, 3.63) is 34.9 Å². The Kier molecular flexibility index (Phi) is 9.21. The molecule has 186 valence electrons. The number of aryl methyl sites for hydroxylation is 1. The largest absolute Gasteiger partial charge is 0.378 e. The van der Waals surface area contributed by atoms with E-state index in [9.17, 15) is 8.78 Å². The first-order valence-corrected chi connectivity index (χ1v) is 13.8. The average molecular weight is 463 g/mol. The van der Waals surface area contributed by atoms with Crippen LogP contribution in [0.25, 0.3) is 0 Å². The fourth-order valence-corrected chi connectivity index (χ4v) is 6.57. The molecular formula is C29H44F2O2. The molecule has 4 unspecified atom stereocenters. The smallest absolute Gasteiger partial charge is 0.162 e. The van der Waals surface area contributed by atoms with Crippen LogP contribution >= 0.6 is 0 Å². The van der Waals surface area contributed by atoms with Crippen LogP contribution in [-0.4, -0.2) is 25.4 Å². The fraction of sp³-hybridized carbons (Fsp3) is 0.793. The summed E-state index contributed by atoms with van der Waals surface area (Å²) in [6.07, 6.45) is 16.2. The molecule has 1 aromatic rings. The van der Waals surface area contributed by atoms with Crippen molar-refractivity contribution in [2.45, 2.75) is 115 Å². The van der Waals surface area contributed by atoms with Gasteiger partial charge in [-0.2, -0.15) is 0 Å². The van der Waals surface area contributed by atoms with Crippen molar-refractivity contribution in [1.82, 2.24) is 0 Å². The van der Waals surface area contributed by atoms with E-state index in [-0.39, 0.29) is 12.0 Å². The van der Waals surface area contributed by atoms with E-state index in [0.717, 1.165) is 37.7 Å². The second kappa shape index (κ2) is 12.1. The molecule has 2 aliphatic heterocycles. The second-order valence-electron chi connectivity index (χ2n) is 10.9. The first-order chi connectivity index (χ1) is 16.1. The second-order valence-corrected chi connectivity index (χ2v) is 10.9. The van der Waals surface area contributed by atoms with E-state index < -0.39 is 11.6 Å². The highest BCUT2D eigenvalue weighted by Gasteiger charge is 2.36. The molecule has 0 radical (unpaired) electrons. The van der Waals surface area contributed by atoms with Crippen LogP contribution in [-0.2, 0) is 15.9 Å². The molecule has 0 bridgehead atoms. The van der Waals surface area contributed by atoms with Crippen LogP contribution in [0.15, 0.2) is 12.1 Å². The SMILES string of the molecule is CCCCCC1CCC(C2CCC(C3CCC(c4ccc(CC)c(F)c4F)CO3)CO2)CC1. The van der Waals surface area contributed by atoms with E-state index in [2.05, 4.69) is 6.92 Å². The number of rotatable bonds is 8. The summed E-state index contributed by atoms with van der Waals surface area (Å²) in [5.41, 5.74) is 0.929. The monoisotopic (exact) mass is 462 g/mol.